The highest BCUT2D eigenvalue weighted by molar-refractivity contribution is 7.09. The van der Waals surface area contributed by atoms with Crippen LogP contribution in [-0.2, 0) is 14.4 Å². The summed E-state index contributed by atoms with van der Waals surface area (Å²) >= 11 is 22.5. The van der Waals surface area contributed by atoms with Gasteiger partial charge in [-0.2, -0.15) is 34.0 Å². The molecule has 0 aliphatic carbocycles. The summed E-state index contributed by atoms with van der Waals surface area (Å²) < 4.78 is 26.8. The number of hydrogen-bond donors (Lipinski definition) is 0. The van der Waals surface area contributed by atoms with Gasteiger partial charge in [0.05, 0.1) is 61.2 Å². The maximum absolute atomic E-state index is 13.4. The van der Waals surface area contributed by atoms with Crippen molar-refractivity contribution >= 4 is 155 Å². The lowest BCUT2D eigenvalue weighted by Crippen LogP contribution is -2.24. The number of benzene rings is 6. The summed E-state index contributed by atoms with van der Waals surface area (Å²) in [7, 11) is 0. The average Bonchev–Trinajstić information content (AvgIpc) is 4.25. The van der Waals surface area contributed by atoms with E-state index in [9.17, 15) is 23.2 Å². The van der Waals surface area contributed by atoms with Crippen molar-refractivity contribution in [3.05, 3.63) is 227 Å². The minimum atomic E-state index is -0.734. The smallest absolute Gasteiger partial charge is 0.274 e. The number of halogens is 5. The number of carbonyl (C=O) groups is 3. The van der Waals surface area contributed by atoms with E-state index in [0.29, 0.717) is 49.1 Å². The molecule has 3 aromatic heterocycles. The topological polar surface area (TPSA) is 98.0 Å². The molecular formula is C54H31Cl3F2N6O3S3. The van der Waals surface area contributed by atoms with Gasteiger partial charge < -0.3 is 0 Å². The van der Waals surface area contributed by atoms with Crippen LogP contribution in [0.15, 0.2) is 199 Å². The van der Waals surface area contributed by atoms with E-state index in [-0.39, 0.29) is 29.1 Å². The number of carbonyl (C=O) groups excluding carboxylic acids is 3. The zero-order valence-electron chi connectivity index (χ0n) is 36.4. The summed E-state index contributed by atoms with van der Waals surface area (Å²) in [5.41, 5.74) is 9.54. The van der Waals surface area contributed by atoms with Crippen molar-refractivity contribution in [2.45, 2.75) is 0 Å². The standard InChI is InChI=1S/C18H10Cl2N2OS.C18H11ClN2OS.C18H10F2N2OS/c19-14-6-5-11(9-15(14)20)21-17-13-3-1-2-4-16(13)22(18(17)23)12-7-8-24-10-12;19-12-5-7-13(8-6-12)20-17-15-3-1-2-4-16(15)21(18(17)22)14-9-10-23-11-14;19-11-7-12(20)9-13(8-11)21-17-15-3-1-2-4-16(15)22(18(17)23)14-5-6-24-10-14/h1-10H;1-11H;1-10H. The van der Waals surface area contributed by atoms with Crippen LogP contribution in [0.2, 0.25) is 15.1 Å². The van der Waals surface area contributed by atoms with Gasteiger partial charge in [0.15, 0.2) is 0 Å². The average molecular weight is 1050 g/mol. The Balaban J connectivity index is 0.000000123. The Hall–Kier alpha value is -7.43. The van der Waals surface area contributed by atoms with E-state index in [2.05, 4.69) is 15.0 Å². The fourth-order valence-corrected chi connectivity index (χ4v) is 10.2. The first kappa shape index (κ1) is 47.3. The number of aliphatic imine (C=N–C) groups is 3. The number of thiophene rings is 3. The molecule has 0 radical (unpaired) electrons. The van der Waals surface area contributed by atoms with Gasteiger partial charge in [-0.25, -0.2) is 23.8 Å². The normalized spacial score (nSPS) is 15.2. The number of rotatable bonds is 6. The maximum Gasteiger partial charge on any atom is 0.282 e. The molecule has 3 aliphatic heterocycles. The Morgan fingerprint density at radius 1 is 0.394 bits per heavy atom. The molecule has 0 unspecified atom stereocenters. The van der Waals surface area contributed by atoms with Crippen molar-refractivity contribution in [1.82, 2.24) is 0 Å². The van der Waals surface area contributed by atoms with Gasteiger partial charge in [-0.05, 0) is 107 Å². The van der Waals surface area contributed by atoms with E-state index < -0.39 is 11.6 Å². The molecule has 17 heteroatoms. The molecule has 0 saturated carbocycles. The van der Waals surface area contributed by atoms with E-state index in [4.69, 9.17) is 34.8 Å². The second-order valence-corrected chi connectivity index (χ2v) is 19.1. The molecule has 9 aromatic rings. The fraction of sp³-hybridized carbons (Fsp3) is 0. The number of fused-ring (bicyclic) bond motifs is 3. The molecule has 3 aliphatic rings. The van der Waals surface area contributed by atoms with E-state index in [0.717, 1.165) is 57.8 Å². The van der Waals surface area contributed by atoms with Crippen molar-refractivity contribution in [2.24, 2.45) is 15.0 Å². The first-order valence-corrected chi connectivity index (χ1v) is 25.3. The zero-order valence-corrected chi connectivity index (χ0v) is 41.1. The molecule has 0 fully saturated rings. The van der Waals surface area contributed by atoms with Crippen molar-refractivity contribution < 1.29 is 23.2 Å². The van der Waals surface area contributed by atoms with Crippen molar-refractivity contribution in [1.29, 1.82) is 0 Å². The van der Waals surface area contributed by atoms with Crippen LogP contribution in [-0.4, -0.2) is 34.9 Å². The highest BCUT2D eigenvalue weighted by Gasteiger charge is 2.37. The van der Waals surface area contributed by atoms with Crippen LogP contribution in [0.5, 0.6) is 0 Å². The molecule has 0 N–H and O–H groups in total. The quantitative estimate of drug-likeness (QED) is 0.166. The highest BCUT2D eigenvalue weighted by atomic mass is 35.5. The number of hydrogen-bond acceptors (Lipinski definition) is 9. The predicted octanol–water partition coefficient (Wildman–Crippen LogP) is 15.9. The Labute approximate surface area is 432 Å². The number of para-hydroxylation sites is 3. The molecule has 0 spiro atoms. The van der Waals surface area contributed by atoms with Crippen LogP contribution in [0.1, 0.15) is 16.7 Å². The van der Waals surface area contributed by atoms with Crippen molar-refractivity contribution in [2.75, 3.05) is 14.7 Å². The minimum Gasteiger partial charge on any atom is -0.274 e. The Bertz CT molecular complexity index is 3570. The first-order valence-electron chi connectivity index (χ1n) is 21.3. The lowest BCUT2D eigenvalue weighted by atomic mass is 10.1. The SMILES string of the molecule is O=C1C(=Nc2cc(F)cc(F)c2)c2ccccc2N1c1ccsc1.O=C1C(=Nc2ccc(Cl)c(Cl)c2)c2ccccc2N1c1ccsc1.O=C1C(=Nc2ccc(Cl)cc2)c2ccccc2N1c1ccsc1. The lowest BCUT2D eigenvalue weighted by molar-refractivity contribution is -0.112. The Kier molecular flexibility index (Phi) is 13.6. The summed E-state index contributed by atoms with van der Waals surface area (Å²) in [4.78, 5) is 56.9. The van der Waals surface area contributed by atoms with Crippen LogP contribution < -0.4 is 14.7 Å². The third kappa shape index (κ3) is 9.73. The van der Waals surface area contributed by atoms with E-state index in [1.807, 2.05) is 111 Å². The zero-order chi connectivity index (χ0) is 49.2. The lowest BCUT2D eigenvalue weighted by Gasteiger charge is -2.14. The summed E-state index contributed by atoms with van der Waals surface area (Å²) in [6.07, 6.45) is 0. The van der Waals surface area contributed by atoms with E-state index >= 15 is 0 Å². The molecule has 0 bridgehead atoms. The molecular weight excluding hydrogens is 1020 g/mol. The second-order valence-electron chi connectivity index (χ2n) is 15.5. The molecule has 348 valence electrons. The van der Waals surface area contributed by atoms with Gasteiger partial charge in [-0.15, -0.1) is 0 Å². The largest absolute Gasteiger partial charge is 0.282 e. The Morgan fingerprint density at radius 3 is 1.17 bits per heavy atom. The molecule has 12 rings (SSSR count). The highest BCUT2D eigenvalue weighted by Crippen LogP contribution is 2.41. The van der Waals surface area contributed by atoms with Gasteiger partial charge in [-0.3, -0.25) is 29.1 Å². The van der Waals surface area contributed by atoms with Gasteiger partial charge in [0.2, 0.25) is 0 Å². The minimum absolute atomic E-state index is 0.0674. The molecule has 0 saturated heterocycles. The van der Waals surface area contributed by atoms with Gasteiger partial charge in [0, 0.05) is 43.9 Å². The van der Waals surface area contributed by atoms with Crippen LogP contribution in [0.4, 0.5) is 60.0 Å². The molecule has 6 heterocycles. The van der Waals surface area contributed by atoms with E-state index in [1.54, 1.807) is 92.0 Å². The molecule has 71 heavy (non-hydrogen) atoms. The molecule has 3 amide bonds. The van der Waals surface area contributed by atoms with Crippen LogP contribution in [0, 0.1) is 11.6 Å². The van der Waals surface area contributed by atoms with Gasteiger partial charge in [-0.1, -0.05) is 89.4 Å². The number of amides is 3. The van der Waals surface area contributed by atoms with Gasteiger partial charge in [0.1, 0.15) is 28.8 Å². The summed E-state index contributed by atoms with van der Waals surface area (Å²) in [6, 6.07) is 43.4. The second kappa shape index (κ2) is 20.5. The van der Waals surface area contributed by atoms with Crippen LogP contribution in [0.3, 0.4) is 0 Å². The van der Waals surface area contributed by atoms with Crippen molar-refractivity contribution in [3.63, 3.8) is 0 Å². The summed E-state index contributed by atoms with van der Waals surface area (Å²) in [5, 5.41) is 13.1. The predicted molar refractivity (Wildman–Crippen MR) is 287 cm³/mol. The van der Waals surface area contributed by atoms with Gasteiger partial charge >= 0.3 is 0 Å². The number of nitrogens with zero attached hydrogens (tertiary/aromatic N) is 6. The third-order valence-corrected chi connectivity index (χ3v) is 14.0. The first-order chi connectivity index (χ1) is 34.5. The van der Waals surface area contributed by atoms with E-state index in [1.165, 1.54) is 11.3 Å². The number of anilines is 6. The Morgan fingerprint density at radius 2 is 0.775 bits per heavy atom. The summed E-state index contributed by atoms with van der Waals surface area (Å²) in [6.45, 7) is 0. The third-order valence-electron chi connectivity index (χ3n) is 11.0. The van der Waals surface area contributed by atoms with Gasteiger partial charge in [0.25, 0.3) is 17.7 Å². The molecule has 0 atom stereocenters. The fourth-order valence-electron chi connectivity index (χ4n) is 7.91. The van der Waals surface area contributed by atoms with Crippen molar-refractivity contribution in [3.8, 4) is 0 Å². The summed E-state index contributed by atoms with van der Waals surface area (Å²) in [5.74, 6) is -2.05. The maximum atomic E-state index is 13.4. The van der Waals surface area contributed by atoms with Crippen LogP contribution in [0.25, 0.3) is 0 Å². The monoisotopic (exact) mass is 1050 g/mol. The molecule has 9 nitrogen and oxygen atoms in total. The van der Waals surface area contributed by atoms with Crippen LogP contribution >= 0.6 is 68.8 Å². The molecule has 6 aromatic carbocycles.